The Kier molecular flexibility index (Phi) is 1.85. The van der Waals surface area contributed by atoms with Gasteiger partial charge in [0.1, 0.15) is 17.3 Å². The van der Waals surface area contributed by atoms with Gasteiger partial charge in [-0.1, -0.05) is 11.6 Å². The van der Waals surface area contributed by atoms with Gasteiger partial charge < -0.3 is 4.90 Å². The summed E-state index contributed by atoms with van der Waals surface area (Å²) in [7, 11) is 0. The van der Waals surface area contributed by atoms with Gasteiger partial charge in [-0.05, 0) is 0 Å². The van der Waals surface area contributed by atoms with E-state index in [2.05, 4.69) is 25.1 Å². The molecule has 3 heterocycles. The van der Waals surface area contributed by atoms with Crippen LogP contribution in [0.1, 0.15) is 11.3 Å². The maximum Gasteiger partial charge on any atom is 0.134 e. The van der Waals surface area contributed by atoms with E-state index in [4.69, 9.17) is 11.6 Å². The summed E-state index contributed by atoms with van der Waals surface area (Å²) in [6.45, 7) is 1.61. The van der Waals surface area contributed by atoms with Crippen LogP contribution >= 0.6 is 11.6 Å². The molecule has 0 atom stereocenters. The number of aromatic amines is 1. The second kappa shape index (κ2) is 3.20. The quantitative estimate of drug-likeness (QED) is 0.739. The van der Waals surface area contributed by atoms with Crippen LogP contribution in [0.3, 0.4) is 0 Å². The fraction of sp³-hybridized carbons (Fsp3) is 0.222. The Morgan fingerprint density at radius 2 is 2.27 bits per heavy atom. The van der Waals surface area contributed by atoms with Crippen molar-refractivity contribution in [1.29, 1.82) is 0 Å². The molecule has 0 radical (unpaired) electrons. The molecule has 0 fully saturated rings. The second-order valence-electron chi connectivity index (χ2n) is 3.43. The molecule has 1 aliphatic heterocycles. The van der Waals surface area contributed by atoms with Gasteiger partial charge >= 0.3 is 0 Å². The molecule has 2 aromatic heterocycles. The fourth-order valence-corrected chi connectivity index (χ4v) is 1.86. The minimum atomic E-state index is 0.466. The maximum atomic E-state index is 5.81. The highest BCUT2D eigenvalue weighted by molar-refractivity contribution is 6.29. The standard InChI is InChI=1S/C9H8ClN5/c10-8-1-9(12-5-11-8)15-3-6-2-13-14-7(6)4-15/h1-2,5H,3-4H2,(H,13,14). The highest BCUT2D eigenvalue weighted by Gasteiger charge is 2.21. The summed E-state index contributed by atoms with van der Waals surface area (Å²) >= 11 is 5.81. The molecule has 2 aromatic rings. The maximum absolute atomic E-state index is 5.81. The average Bonchev–Trinajstić information content (AvgIpc) is 2.76. The third kappa shape index (κ3) is 1.45. The molecule has 0 amide bonds. The van der Waals surface area contributed by atoms with Crippen molar-refractivity contribution in [3.63, 3.8) is 0 Å². The van der Waals surface area contributed by atoms with Gasteiger partial charge in [0.2, 0.25) is 0 Å². The van der Waals surface area contributed by atoms with Crippen LogP contribution < -0.4 is 4.90 Å². The number of nitrogens with zero attached hydrogens (tertiary/aromatic N) is 4. The molecule has 1 aliphatic rings. The van der Waals surface area contributed by atoms with Crippen LogP contribution in [0.4, 0.5) is 5.82 Å². The van der Waals surface area contributed by atoms with Gasteiger partial charge in [-0.25, -0.2) is 9.97 Å². The molecule has 15 heavy (non-hydrogen) atoms. The van der Waals surface area contributed by atoms with E-state index in [1.165, 1.54) is 11.9 Å². The van der Waals surface area contributed by atoms with E-state index >= 15 is 0 Å². The molecule has 0 saturated carbocycles. The third-order valence-corrected chi connectivity index (χ3v) is 2.67. The van der Waals surface area contributed by atoms with Gasteiger partial charge in [0, 0.05) is 18.2 Å². The highest BCUT2D eigenvalue weighted by atomic mass is 35.5. The van der Waals surface area contributed by atoms with E-state index in [1.807, 2.05) is 6.20 Å². The minimum Gasteiger partial charge on any atom is -0.346 e. The van der Waals surface area contributed by atoms with Crippen LogP contribution in [0.25, 0.3) is 0 Å². The molecular formula is C9H8ClN5. The van der Waals surface area contributed by atoms with Crippen LogP contribution in [0, 0.1) is 0 Å². The molecule has 0 aromatic carbocycles. The molecule has 0 aliphatic carbocycles. The zero-order chi connectivity index (χ0) is 10.3. The summed E-state index contributed by atoms with van der Waals surface area (Å²) in [4.78, 5) is 10.2. The Hall–Kier alpha value is -1.62. The normalized spacial score (nSPS) is 14.3. The Labute approximate surface area is 91.1 Å². The number of hydrogen-bond acceptors (Lipinski definition) is 4. The summed E-state index contributed by atoms with van der Waals surface area (Å²) in [5.74, 6) is 0.847. The van der Waals surface area contributed by atoms with E-state index in [9.17, 15) is 0 Å². The van der Waals surface area contributed by atoms with Gasteiger partial charge in [-0.15, -0.1) is 0 Å². The predicted octanol–water partition coefficient (Wildman–Crippen LogP) is 1.37. The topological polar surface area (TPSA) is 57.7 Å². The van der Waals surface area contributed by atoms with Crippen LogP contribution in [0.2, 0.25) is 5.15 Å². The lowest BCUT2D eigenvalue weighted by atomic mass is 10.3. The van der Waals surface area contributed by atoms with Gasteiger partial charge in [-0.2, -0.15) is 5.10 Å². The fourth-order valence-electron chi connectivity index (χ4n) is 1.72. The third-order valence-electron chi connectivity index (χ3n) is 2.46. The van der Waals surface area contributed by atoms with Crippen molar-refractivity contribution in [2.75, 3.05) is 4.90 Å². The van der Waals surface area contributed by atoms with Crippen LogP contribution in [-0.4, -0.2) is 20.2 Å². The zero-order valence-corrected chi connectivity index (χ0v) is 8.57. The van der Waals surface area contributed by atoms with Crippen LogP contribution in [-0.2, 0) is 13.1 Å². The molecular weight excluding hydrogens is 214 g/mol. The molecule has 1 N–H and O–H groups in total. The monoisotopic (exact) mass is 221 g/mol. The number of fused-ring (bicyclic) bond motifs is 1. The summed E-state index contributed by atoms with van der Waals surface area (Å²) in [6.07, 6.45) is 3.32. The Balaban J connectivity index is 1.90. The molecule has 76 valence electrons. The summed E-state index contributed by atoms with van der Waals surface area (Å²) in [6, 6.07) is 1.76. The van der Waals surface area contributed by atoms with Crippen LogP contribution in [0.5, 0.6) is 0 Å². The van der Waals surface area contributed by atoms with E-state index in [1.54, 1.807) is 6.07 Å². The number of aromatic nitrogens is 4. The molecule has 0 spiro atoms. The first kappa shape index (κ1) is 8.67. The predicted molar refractivity (Wildman–Crippen MR) is 55.5 cm³/mol. The molecule has 0 saturated heterocycles. The Bertz CT molecular complexity index is 474. The highest BCUT2D eigenvalue weighted by Crippen LogP contribution is 2.25. The summed E-state index contributed by atoms with van der Waals surface area (Å²) in [5, 5.41) is 7.41. The first-order valence-electron chi connectivity index (χ1n) is 4.56. The average molecular weight is 222 g/mol. The lowest BCUT2D eigenvalue weighted by molar-refractivity contribution is 0.821. The van der Waals surface area contributed by atoms with Crippen molar-refractivity contribution in [1.82, 2.24) is 20.2 Å². The van der Waals surface area contributed by atoms with E-state index in [0.29, 0.717) is 5.15 Å². The lowest BCUT2D eigenvalue weighted by Crippen LogP contribution is -2.16. The minimum absolute atomic E-state index is 0.466. The number of halogens is 1. The van der Waals surface area contributed by atoms with Gasteiger partial charge in [-0.3, -0.25) is 5.10 Å². The van der Waals surface area contributed by atoms with Crippen molar-refractivity contribution < 1.29 is 0 Å². The van der Waals surface area contributed by atoms with Crippen molar-refractivity contribution in [2.24, 2.45) is 0 Å². The lowest BCUT2D eigenvalue weighted by Gasteiger charge is -2.15. The first-order valence-corrected chi connectivity index (χ1v) is 4.94. The molecule has 6 heteroatoms. The zero-order valence-electron chi connectivity index (χ0n) is 7.81. The summed E-state index contributed by atoms with van der Waals surface area (Å²) in [5.41, 5.74) is 2.36. The van der Waals surface area contributed by atoms with Crippen molar-refractivity contribution in [3.8, 4) is 0 Å². The number of rotatable bonds is 1. The SMILES string of the molecule is Clc1cc(N2Cc3cn[nH]c3C2)ncn1. The molecule has 0 bridgehead atoms. The van der Waals surface area contributed by atoms with Crippen molar-refractivity contribution >= 4 is 17.4 Å². The largest absolute Gasteiger partial charge is 0.346 e. The number of hydrogen-bond donors (Lipinski definition) is 1. The summed E-state index contributed by atoms with van der Waals surface area (Å²) < 4.78 is 0. The van der Waals surface area contributed by atoms with Gasteiger partial charge in [0.25, 0.3) is 0 Å². The van der Waals surface area contributed by atoms with Gasteiger partial charge in [0.05, 0.1) is 18.4 Å². The first-order chi connectivity index (χ1) is 7.33. The Morgan fingerprint density at radius 3 is 3.07 bits per heavy atom. The van der Waals surface area contributed by atoms with Crippen LogP contribution in [0.15, 0.2) is 18.6 Å². The molecule has 0 unspecified atom stereocenters. The Morgan fingerprint density at radius 1 is 1.33 bits per heavy atom. The molecule has 3 rings (SSSR count). The second-order valence-corrected chi connectivity index (χ2v) is 3.82. The smallest absolute Gasteiger partial charge is 0.134 e. The molecule has 5 nitrogen and oxygen atoms in total. The van der Waals surface area contributed by atoms with Crippen molar-refractivity contribution in [2.45, 2.75) is 13.1 Å². The number of H-pyrrole nitrogens is 1. The van der Waals surface area contributed by atoms with Crippen molar-refractivity contribution in [3.05, 3.63) is 35.0 Å². The van der Waals surface area contributed by atoms with E-state index < -0.39 is 0 Å². The number of anilines is 1. The van der Waals surface area contributed by atoms with E-state index in [-0.39, 0.29) is 0 Å². The van der Waals surface area contributed by atoms with E-state index in [0.717, 1.165) is 24.6 Å². The van der Waals surface area contributed by atoms with Gasteiger partial charge in [0.15, 0.2) is 0 Å². The number of nitrogens with one attached hydrogen (secondary N) is 1.